The van der Waals surface area contributed by atoms with Crippen molar-refractivity contribution >= 4 is 0 Å². The first-order valence-electron chi connectivity index (χ1n) is 5.62. The summed E-state index contributed by atoms with van der Waals surface area (Å²) in [6.07, 6.45) is 0. The Balaban J connectivity index is 1.81. The number of aromatic amines is 1. The molecule has 90 valence electrons. The molecule has 0 aliphatic carbocycles. The second-order valence-corrected chi connectivity index (χ2v) is 3.99. The minimum absolute atomic E-state index is 0.774. The summed E-state index contributed by atoms with van der Waals surface area (Å²) < 4.78 is 5.11. The molecule has 1 aromatic heterocycles. The number of hydrogen-bond acceptors (Lipinski definition) is 3. The van der Waals surface area contributed by atoms with Crippen LogP contribution in [0.4, 0.5) is 0 Å². The second-order valence-electron chi connectivity index (χ2n) is 3.99. The van der Waals surface area contributed by atoms with Crippen LogP contribution >= 0.6 is 0 Å². The van der Waals surface area contributed by atoms with Crippen molar-refractivity contribution in [1.29, 1.82) is 0 Å². The van der Waals surface area contributed by atoms with Gasteiger partial charge in [-0.25, -0.2) is 0 Å². The van der Waals surface area contributed by atoms with Crippen molar-refractivity contribution in [3.05, 3.63) is 47.3 Å². The first-order valence-corrected chi connectivity index (χ1v) is 5.62. The van der Waals surface area contributed by atoms with Gasteiger partial charge in [0.25, 0.3) is 0 Å². The normalized spacial score (nSPS) is 10.5. The van der Waals surface area contributed by atoms with Crippen LogP contribution in [-0.2, 0) is 13.1 Å². The van der Waals surface area contributed by atoms with Gasteiger partial charge in [-0.1, -0.05) is 12.1 Å². The quantitative estimate of drug-likeness (QED) is 0.827. The molecule has 0 radical (unpaired) electrons. The van der Waals surface area contributed by atoms with E-state index in [1.165, 1.54) is 5.56 Å². The largest absolute Gasteiger partial charge is 0.497 e. The van der Waals surface area contributed by atoms with Crippen LogP contribution in [0.5, 0.6) is 5.75 Å². The number of methoxy groups -OCH3 is 1. The van der Waals surface area contributed by atoms with Crippen LogP contribution in [0.2, 0.25) is 0 Å². The highest BCUT2D eigenvalue weighted by molar-refractivity contribution is 5.27. The maximum absolute atomic E-state index is 5.11. The summed E-state index contributed by atoms with van der Waals surface area (Å²) in [6, 6.07) is 10.1. The van der Waals surface area contributed by atoms with E-state index in [0.29, 0.717) is 0 Å². The Labute approximate surface area is 101 Å². The van der Waals surface area contributed by atoms with E-state index in [9.17, 15) is 0 Å². The van der Waals surface area contributed by atoms with Crippen molar-refractivity contribution in [2.24, 2.45) is 0 Å². The third kappa shape index (κ3) is 3.32. The molecule has 0 saturated heterocycles. The maximum atomic E-state index is 5.11. The van der Waals surface area contributed by atoms with Crippen molar-refractivity contribution in [3.63, 3.8) is 0 Å². The van der Waals surface area contributed by atoms with Crippen molar-refractivity contribution in [2.75, 3.05) is 7.11 Å². The van der Waals surface area contributed by atoms with Crippen molar-refractivity contribution in [3.8, 4) is 5.75 Å². The molecule has 0 unspecified atom stereocenters. The van der Waals surface area contributed by atoms with Crippen LogP contribution in [0.3, 0.4) is 0 Å². The molecule has 2 rings (SSSR count). The van der Waals surface area contributed by atoms with Crippen molar-refractivity contribution in [2.45, 2.75) is 20.0 Å². The van der Waals surface area contributed by atoms with Crippen LogP contribution in [0.25, 0.3) is 0 Å². The first-order chi connectivity index (χ1) is 8.28. The monoisotopic (exact) mass is 231 g/mol. The number of aromatic nitrogens is 2. The van der Waals surface area contributed by atoms with Gasteiger partial charge in [0.1, 0.15) is 5.75 Å². The number of benzene rings is 1. The Morgan fingerprint density at radius 3 is 2.59 bits per heavy atom. The topological polar surface area (TPSA) is 49.9 Å². The highest BCUT2D eigenvalue weighted by Gasteiger charge is 1.98. The molecule has 17 heavy (non-hydrogen) atoms. The lowest BCUT2D eigenvalue weighted by atomic mass is 10.2. The van der Waals surface area contributed by atoms with Gasteiger partial charge in [-0.15, -0.1) is 0 Å². The lowest BCUT2D eigenvalue weighted by molar-refractivity contribution is 0.414. The van der Waals surface area contributed by atoms with E-state index in [1.54, 1.807) is 7.11 Å². The molecule has 0 aliphatic heterocycles. The van der Waals surface area contributed by atoms with E-state index in [-0.39, 0.29) is 0 Å². The van der Waals surface area contributed by atoms with Crippen molar-refractivity contribution in [1.82, 2.24) is 15.5 Å². The molecule has 0 amide bonds. The third-order valence-electron chi connectivity index (χ3n) is 2.55. The van der Waals surface area contributed by atoms with Crippen LogP contribution in [-0.4, -0.2) is 17.3 Å². The molecule has 0 spiro atoms. The Morgan fingerprint density at radius 1 is 1.24 bits per heavy atom. The van der Waals surface area contributed by atoms with Gasteiger partial charge in [-0.05, 0) is 30.7 Å². The number of H-pyrrole nitrogens is 1. The predicted molar refractivity (Wildman–Crippen MR) is 66.9 cm³/mol. The molecular weight excluding hydrogens is 214 g/mol. The average Bonchev–Trinajstić information content (AvgIpc) is 2.76. The lowest BCUT2D eigenvalue weighted by Gasteiger charge is -2.04. The summed E-state index contributed by atoms with van der Waals surface area (Å²) in [5.41, 5.74) is 3.36. The Hall–Kier alpha value is -1.81. The highest BCUT2D eigenvalue weighted by Crippen LogP contribution is 2.11. The number of nitrogens with one attached hydrogen (secondary N) is 2. The molecule has 1 aromatic carbocycles. The molecule has 4 nitrogen and oxygen atoms in total. The van der Waals surface area contributed by atoms with Gasteiger partial charge >= 0.3 is 0 Å². The molecule has 0 fully saturated rings. The SMILES string of the molecule is COc1ccc(CNCc2cc(C)[nH]n2)cc1. The zero-order valence-electron chi connectivity index (χ0n) is 10.2. The zero-order chi connectivity index (χ0) is 12.1. The number of ether oxygens (including phenoxy) is 1. The molecule has 0 atom stereocenters. The Morgan fingerprint density at radius 2 is 2.00 bits per heavy atom. The van der Waals surface area contributed by atoms with Gasteiger partial charge in [-0.2, -0.15) is 5.10 Å². The molecule has 0 bridgehead atoms. The fourth-order valence-electron chi connectivity index (χ4n) is 1.64. The minimum Gasteiger partial charge on any atom is -0.497 e. The van der Waals surface area contributed by atoms with E-state index in [1.807, 2.05) is 25.1 Å². The third-order valence-corrected chi connectivity index (χ3v) is 2.55. The van der Waals surface area contributed by atoms with Gasteiger partial charge < -0.3 is 10.1 Å². The number of aryl methyl sites for hydroxylation is 1. The maximum Gasteiger partial charge on any atom is 0.118 e. The van der Waals surface area contributed by atoms with E-state index in [2.05, 4.69) is 27.6 Å². The zero-order valence-corrected chi connectivity index (χ0v) is 10.2. The standard InChI is InChI=1S/C13H17N3O/c1-10-7-12(16-15-10)9-14-8-11-3-5-13(17-2)6-4-11/h3-7,14H,8-9H2,1-2H3,(H,15,16). The Kier molecular flexibility index (Phi) is 3.77. The fourth-order valence-corrected chi connectivity index (χ4v) is 1.64. The van der Waals surface area contributed by atoms with Crippen molar-refractivity contribution < 1.29 is 4.74 Å². The molecule has 2 aromatic rings. The van der Waals surface area contributed by atoms with Gasteiger partial charge in [0.05, 0.1) is 12.8 Å². The second kappa shape index (κ2) is 5.50. The fraction of sp³-hybridized carbons (Fsp3) is 0.308. The minimum atomic E-state index is 0.774. The van der Waals surface area contributed by atoms with E-state index in [4.69, 9.17) is 4.74 Å². The number of nitrogens with zero attached hydrogens (tertiary/aromatic N) is 1. The molecular formula is C13H17N3O. The van der Waals surface area contributed by atoms with E-state index >= 15 is 0 Å². The number of rotatable bonds is 5. The van der Waals surface area contributed by atoms with Gasteiger partial charge in [0.15, 0.2) is 0 Å². The van der Waals surface area contributed by atoms with Crippen LogP contribution in [0.1, 0.15) is 17.0 Å². The lowest BCUT2D eigenvalue weighted by Crippen LogP contribution is -2.12. The van der Waals surface area contributed by atoms with Crippen LogP contribution in [0.15, 0.2) is 30.3 Å². The summed E-state index contributed by atoms with van der Waals surface area (Å²) in [7, 11) is 1.67. The van der Waals surface area contributed by atoms with Crippen LogP contribution < -0.4 is 10.1 Å². The summed E-state index contributed by atoms with van der Waals surface area (Å²) in [4.78, 5) is 0. The predicted octanol–water partition coefficient (Wildman–Crippen LogP) is 2.02. The average molecular weight is 231 g/mol. The first kappa shape index (κ1) is 11.7. The van der Waals surface area contributed by atoms with Gasteiger partial charge in [-0.3, -0.25) is 5.10 Å². The molecule has 1 heterocycles. The van der Waals surface area contributed by atoms with Crippen LogP contribution in [0, 0.1) is 6.92 Å². The molecule has 0 aliphatic rings. The summed E-state index contributed by atoms with van der Waals surface area (Å²) in [6.45, 7) is 3.60. The summed E-state index contributed by atoms with van der Waals surface area (Å²) in [5, 5.41) is 10.4. The van der Waals surface area contributed by atoms with Gasteiger partial charge in [0, 0.05) is 18.8 Å². The number of hydrogen-bond donors (Lipinski definition) is 2. The van der Waals surface area contributed by atoms with Gasteiger partial charge in [0.2, 0.25) is 0 Å². The molecule has 2 N–H and O–H groups in total. The van der Waals surface area contributed by atoms with E-state index in [0.717, 1.165) is 30.2 Å². The van der Waals surface area contributed by atoms with E-state index < -0.39 is 0 Å². The smallest absolute Gasteiger partial charge is 0.118 e. The summed E-state index contributed by atoms with van der Waals surface area (Å²) in [5.74, 6) is 0.886. The highest BCUT2D eigenvalue weighted by atomic mass is 16.5. The summed E-state index contributed by atoms with van der Waals surface area (Å²) >= 11 is 0. The molecule has 0 saturated carbocycles. The Bertz CT molecular complexity index is 462. The molecule has 4 heteroatoms.